The minimum atomic E-state index is 0.551. The molecule has 3 heterocycles. The predicted octanol–water partition coefficient (Wildman–Crippen LogP) is 4.09. The first-order valence-corrected chi connectivity index (χ1v) is 7.65. The van der Waals surface area contributed by atoms with Gasteiger partial charge in [-0.15, -0.1) is 0 Å². The minimum Gasteiger partial charge on any atom is -0.334 e. The summed E-state index contributed by atoms with van der Waals surface area (Å²) in [6.45, 7) is 1.00. The molecule has 3 aliphatic heterocycles. The van der Waals surface area contributed by atoms with Crippen LogP contribution in [0.3, 0.4) is 0 Å². The van der Waals surface area contributed by atoms with Gasteiger partial charge < -0.3 is 4.57 Å². The van der Waals surface area contributed by atoms with Crippen LogP contribution in [-0.4, -0.2) is 19.5 Å². The van der Waals surface area contributed by atoms with Crippen molar-refractivity contribution >= 4 is 23.2 Å². The highest BCUT2D eigenvalue weighted by Crippen LogP contribution is 2.31. The van der Waals surface area contributed by atoms with Gasteiger partial charge in [-0.25, -0.2) is 15.0 Å². The van der Waals surface area contributed by atoms with E-state index in [1.807, 2.05) is 12.3 Å². The Bertz CT molecular complexity index is 757. The number of benzene rings is 1. The molecule has 0 saturated heterocycles. The summed E-state index contributed by atoms with van der Waals surface area (Å²) in [4.78, 5) is 13.7. The molecular formula is C15H12Cl2N4. The SMILES string of the molecule is Clc1ccc(-c2nc3cn4c(nc-3n2)CCCC4)c(Cl)c1. The van der Waals surface area contributed by atoms with Crippen LogP contribution in [0.2, 0.25) is 10.0 Å². The lowest BCUT2D eigenvalue weighted by Crippen LogP contribution is -2.15. The van der Waals surface area contributed by atoms with Gasteiger partial charge in [0.15, 0.2) is 11.6 Å². The Morgan fingerprint density at radius 3 is 2.76 bits per heavy atom. The first-order chi connectivity index (χ1) is 10.2. The summed E-state index contributed by atoms with van der Waals surface area (Å²) in [6, 6.07) is 5.33. The van der Waals surface area contributed by atoms with E-state index in [9.17, 15) is 0 Å². The summed E-state index contributed by atoms with van der Waals surface area (Å²) in [5.41, 5.74) is 1.59. The smallest absolute Gasteiger partial charge is 0.183 e. The van der Waals surface area contributed by atoms with E-state index in [4.69, 9.17) is 23.2 Å². The van der Waals surface area contributed by atoms with Crippen molar-refractivity contribution in [1.29, 1.82) is 0 Å². The zero-order valence-corrected chi connectivity index (χ0v) is 12.7. The van der Waals surface area contributed by atoms with Crippen LogP contribution in [0.15, 0.2) is 24.4 Å². The lowest BCUT2D eigenvalue weighted by molar-refractivity contribution is 0.507. The molecule has 0 radical (unpaired) electrons. The maximum atomic E-state index is 6.23. The Kier molecular flexibility index (Phi) is 3.08. The standard InChI is InChI=1S/C15H12Cl2N4/c16-9-4-5-10(11(17)7-9)14-18-12-8-21-6-2-1-3-13(21)19-15(12)20-14/h4-5,7-8H,1-3,6H2. The second kappa shape index (κ2) is 4.97. The number of hydrogen-bond donors (Lipinski definition) is 0. The number of rotatable bonds is 1. The Balaban J connectivity index is 1.85. The molecule has 0 N–H and O–H groups in total. The van der Waals surface area contributed by atoms with Gasteiger partial charge in [0.05, 0.1) is 5.02 Å². The molecular weight excluding hydrogens is 307 g/mol. The molecule has 3 aliphatic rings. The van der Waals surface area contributed by atoms with Crippen LogP contribution in [0.5, 0.6) is 0 Å². The number of halogens is 2. The third kappa shape index (κ3) is 2.28. The first-order valence-electron chi connectivity index (χ1n) is 6.90. The van der Waals surface area contributed by atoms with Crippen LogP contribution in [0.25, 0.3) is 22.9 Å². The van der Waals surface area contributed by atoms with Crippen LogP contribution < -0.4 is 0 Å². The maximum absolute atomic E-state index is 6.23. The fourth-order valence-corrected chi connectivity index (χ4v) is 3.17. The number of fused-ring (bicyclic) bond motifs is 2. The lowest BCUT2D eigenvalue weighted by atomic mass is 10.1. The highest BCUT2D eigenvalue weighted by molar-refractivity contribution is 6.36. The number of imidazole rings is 1. The Labute approximate surface area is 132 Å². The molecule has 0 aromatic heterocycles. The van der Waals surface area contributed by atoms with Gasteiger partial charge in [0.2, 0.25) is 0 Å². The van der Waals surface area contributed by atoms with E-state index >= 15 is 0 Å². The summed E-state index contributed by atoms with van der Waals surface area (Å²) in [7, 11) is 0. The number of hydrogen-bond acceptors (Lipinski definition) is 3. The van der Waals surface area contributed by atoms with Crippen molar-refractivity contribution in [1.82, 2.24) is 19.5 Å². The van der Waals surface area contributed by atoms with Gasteiger partial charge in [0.25, 0.3) is 0 Å². The zero-order valence-electron chi connectivity index (χ0n) is 11.2. The van der Waals surface area contributed by atoms with Gasteiger partial charge in [-0.05, 0) is 31.0 Å². The van der Waals surface area contributed by atoms with Gasteiger partial charge in [-0.1, -0.05) is 23.2 Å². The molecule has 0 amide bonds. The molecule has 0 aliphatic carbocycles. The largest absolute Gasteiger partial charge is 0.334 e. The molecule has 0 bridgehead atoms. The molecule has 4 nitrogen and oxygen atoms in total. The fraction of sp³-hybridized carbons (Fsp3) is 0.267. The van der Waals surface area contributed by atoms with Crippen LogP contribution in [-0.2, 0) is 13.0 Å². The van der Waals surface area contributed by atoms with E-state index in [-0.39, 0.29) is 0 Å². The maximum Gasteiger partial charge on any atom is 0.183 e. The third-order valence-electron chi connectivity index (χ3n) is 3.73. The van der Waals surface area contributed by atoms with E-state index in [2.05, 4.69) is 19.5 Å². The van der Waals surface area contributed by atoms with Crippen molar-refractivity contribution in [3.63, 3.8) is 0 Å². The molecule has 0 atom stereocenters. The van der Waals surface area contributed by atoms with Crippen LogP contribution in [0.4, 0.5) is 0 Å². The number of aryl methyl sites for hydroxylation is 2. The lowest BCUT2D eigenvalue weighted by Gasteiger charge is -2.18. The van der Waals surface area contributed by atoms with Gasteiger partial charge >= 0.3 is 0 Å². The molecule has 1 aromatic carbocycles. The molecule has 0 saturated carbocycles. The van der Waals surface area contributed by atoms with Crippen molar-refractivity contribution in [2.24, 2.45) is 0 Å². The Hall–Kier alpha value is -1.65. The van der Waals surface area contributed by atoms with Crippen molar-refractivity contribution in [2.45, 2.75) is 25.8 Å². The van der Waals surface area contributed by atoms with Crippen molar-refractivity contribution in [3.8, 4) is 22.9 Å². The zero-order chi connectivity index (χ0) is 14.4. The second-order valence-electron chi connectivity index (χ2n) is 5.19. The van der Waals surface area contributed by atoms with Crippen LogP contribution >= 0.6 is 23.2 Å². The molecule has 106 valence electrons. The van der Waals surface area contributed by atoms with E-state index in [1.165, 1.54) is 12.8 Å². The number of aromatic nitrogens is 4. The van der Waals surface area contributed by atoms with Gasteiger partial charge in [-0.2, -0.15) is 0 Å². The quantitative estimate of drug-likeness (QED) is 0.678. The van der Waals surface area contributed by atoms with Gasteiger partial charge in [0, 0.05) is 29.7 Å². The average molecular weight is 319 g/mol. The molecule has 0 unspecified atom stereocenters. The van der Waals surface area contributed by atoms with Crippen molar-refractivity contribution in [3.05, 3.63) is 40.3 Å². The highest BCUT2D eigenvalue weighted by atomic mass is 35.5. The normalized spacial score (nSPS) is 14.4. The van der Waals surface area contributed by atoms with E-state index in [0.29, 0.717) is 21.7 Å². The first kappa shape index (κ1) is 13.0. The topological polar surface area (TPSA) is 43.6 Å². The predicted molar refractivity (Wildman–Crippen MR) is 82.8 cm³/mol. The van der Waals surface area contributed by atoms with E-state index in [1.54, 1.807) is 12.1 Å². The Morgan fingerprint density at radius 1 is 1.00 bits per heavy atom. The summed E-state index contributed by atoms with van der Waals surface area (Å²) < 4.78 is 2.17. The summed E-state index contributed by atoms with van der Waals surface area (Å²) in [5, 5.41) is 1.15. The van der Waals surface area contributed by atoms with Crippen molar-refractivity contribution in [2.75, 3.05) is 0 Å². The molecule has 0 spiro atoms. The molecule has 0 fully saturated rings. The third-order valence-corrected chi connectivity index (χ3v) is 4.28. The Morgan fingerprint density at radius 2 is 1.90 bits per heavy atom. The molecule has 21 heavy (non-hydrogen) atoms. The van der Waals surface area contributed by atoms with E-state index < -0.39 is 0 Å². The number of nitrogens with zero attached hydrogens (tertiary/aromatic N) is 4. The summed E-state index contributed by atoms with van der Waals surface area (Å²) in [5.74, 6) is 2.37. The monoisotopic (exact) mass is 318 g/mol. The van der Waals surface area contributed by atoms with Crippen molar-refractivity contribution < 1.29 is 0 Å². The average Bonchev–Trinajstić information content (AvgIpc) is 2.87. The highest BCUT2D eigenvalue weighted by Gasteiger charge is 2.19. The minimum absolute atomic E-state index is 0.551. The van der Waals surface area contributed by atoms with E-state index in [0.717, 1.165) is 30.0 Å². The van der Waals surface area contributed by atoms with Gasteiger partial charge in [-0.3, -0.25) is 0 Å². The van der Waals surface area contributed by atoms with Crippen LogP contribution in [0, 0.1) is 0 Å². The summed E-state index contributed by atoms with van der Waals surface area (Å²) >= 11 is 12.2. The molecule has 1 aromatic rings. The molecule has 6 heteroatoms. The fourth-order valence-electron chi connectivity index (χ4n) is 2.67. The molecule has 4 rings (SSSR count). The second-order valence-corrected chi connectivity index (χ2v) is 6.03. The van der Waals surface area contributed by atoms with Gasteiger partial charge in [0.1, 0.15) is 11.5 Å². The van der Waals surface area contributed by atoms with Crippen LogP contribution in [0.1, 0.15) is 18.7 Å². The summed E-state index contributed by atoms with van der Waals surface area (Å²) in [6.07, 6.45) is 5.41.